The summed E-state index contributed by atoms with van der Waals surface area (Å²) >= 11 is 0. The van der Waals surface area contributed by atoms with Crippen molar-refractivity contribution in [1.82, 2.24) is 9.97 Å². The van der Waals surface area contributed by atoms with Crippen LogP contribution < -0.4 is 0 Å². The molecule has 2 rings (SSSR count). The molecule has 4 nitrogen and oxygen atoms in total. The number of imidazole rings is 1. The van der Waals surface area contributed by atoms with Crippen LogP contribution in [0.5, 0.6) is 0 Å². The Balaban J connectivity index is 2.15. The van der Waals surface area contributed by atoms with Gasteiger partial charge in [-0.05, 0) is 12.8 Å². The maximum Gasteiger partial charge on any atom is 0.311 e. The number of hydrogen-bond donors (Lipinski definition) is 2. The summed E-state index contributed by atoms with van der Waals surface area (Å²) in [6.07, 6.45) is 6.62. The topological polar surface area (TPSA) is 66.0 Å². The molecule has 0 saturated heterocycles. The number of aromatic amines is 1. The molecule has 1 aromatic heterocycles. The smallest absolute Gasteiger partial charge is 0.311 e. The van der Waals surface area contributed by atoms with Gasteiger partial charge in [-0.3, -0.25) is 4.79 Å². The van der Waals surface area contributed by atoms with E-state index in [1.807, 2.05) is 0 Å². The minimum Gasteiger partial charge on any atom is -0.481 e. The number of rotatable bonds is 3. The number of carboxylic acids is 1. The Bertz CT molecular complexity index is 364. The quantitative estimate of drug-likeness (QED) is 0.796. The average Bonchev–Trinajstić information content (AvgIpc) is 2.74. The Morgan fingerprint density at radius 2 is 2.27 bits per heavy atom. The Morgan fingerprint density at radius 3 is 2.87 bits per heavy atom. The SMILES string of the molecule is CC1(c2cnc(CC(=O)O)[nH]2)CCCC1. The number of carbonyl (C=O) groups is 1. The first-order valence-electron chi connectivity index (χ1n) is 5.36. The van der Waals surface area contributed by atoms with Crippen LogP contribution in [0.25, 0.3) is 0 Å². The van der Waals surface area contributed by atoms with E-state index in [1.165, 1.54) is 25.7 Å². The van der Waals surface area contributed by atoms with Crippen LogP contribution >= 0.6 is 0 Å². The van der Waals surface area contributed by atoms with Gasteiger partial charge in [-0.2, -0.15) is 0 Å². The molecule has 2 N–H and O–H groups in total. The summed E-state index contributed by atoms with van der Waals surface area (Å²) < 4.78 is 0. The fourth-order valence-corrected chi connectivity index (χ4v) is 2.33. The van der Waals surface area contributed by atoms with Gasteiger partial charge in [0, 0.05) is 17.3 Å². The van der Waals surface area contributed by atoms with Crippen LogP contribution in [0.4, 0.5) is 0 Å². The van der Waals surface area contributed by atoms with E-state index in [0.717, 1.165) is 5.69 Å². The first-order chi connectivity index (χ1) is 7.10. The zero-order valence-electron chi connectivity index (χ0n) is 8.92. The van der Waals surface area contributed by atoms with Crippen LogP contribution in [0.3, 0.4) is 0 Å². The van der Waals surface area contributed by atoms with Gasteiger partial charge in [0.2, 0.25) is 0 Å². The maximum absolute atomic E-state index is 10.5. The van der Waals surface area contributed by atoms with E-state index < -0.39 is 5.97 Å². The standard InChI is InChI=1S/C11H16N2O2/c1-11(4-2-3-5-11)8-7-12-9(13-8)6-10(14)15/h7H,2-6H2,1H3,(H,12,13)(H,14,15). The summed E-state index contributed by atoms with van der Waals surface area (Å²) in [4.78, 5) is 17.8. The van der Waals surface area contributed by atoms with Crippen molar-refractivity contribution in [2.75, 3.05) is 0 Å². The van der Waals surface area contributed by atoms with Crippen LogP contribution in [0.2, 0.25) is 0 Å². The van der Waals surface area contributed by atoms with Gasteiger partial charge in [-0.15, -0.1) is 0 Å². The molecule has 0 aromatic carbocycles. The van der Waals surface area contributed by atoms with E-state index >= 15 is 0 Å². The van der Waals surface area contributed by atoms with Gasteiger partial charge in [0.1, 0.15) is 12.2 Å². The molecule has 0 spiro atoms. The Hall–Kier alpha value is -1.32. The van der Waals surface area contributed by atoms with Crippen LogP contribution in [0.1, 0.15) is 44.1 Å². The van der Waals surface area contributed by atoms with Crippen molar-refractivity contribution in [3.05, 3.63) is 17.7 Å². The van der Waals surface area contributed by atoms with E-state index in [1.54, 1.807) is 6.20 Å². The lowest BCUT2D eigenvalue weighted by atomic mass is 9.86. The predicted octanol–water partition coefficient (Wildman–Crippen LogP) is 1.87. The number of carboxylic acid groups (broad SMARTS) is 1. The van der Waals surface area contributed by atoms with Gasteiger partial charge >= 0.3 is 5.97 Å². The highest BCUT2D eigenvalue weighted by Gasteiger charge is 2.32. The lowest BCUT2D eigenvalue weighted by Crippen LogP contribution is -2.17. The molecule has 1 saturated carbocycles. The van der Waals surface area contributed by atoms with Crippen molar-refractivity contribution >= 4 is 5.97 Å². The third-order valence-corrected chi connectivity index (χ3v) is 3.30. The number of H-pyrrole nitrogens is 1. The van der Waals surface area contributed by atoms with Crippen LogP contribution in [0.15, 0.2) is 6.20 Å². The van der Waals surface area contributed by atoms with E-state index in [-0.39, 0.29) is 11.8 Å². The normalized spacial score (nSPS) is 19.3. The second kappa shape index (κ2) is 3.68. The molecule has 1 fully saturated rings. The molecule has 1 aromatic rings. The molecule has 4 heteroatoms. The maximum atomic E-state index is 10.5. The summed E-state index contributed by atoms with van der Waals surface area (Å²) in [6.45, 7) is 2.22. The fourth-order valence-electron chi connectivity index (χ4n) is 2.33. The molecule has 0 amide bonds. The van der Waals surface area contributed by atoms with Crippen molar-refractivity contribution in [3.63, 3.8) is 0 Å². The molecule has 1 aliphatic rings. The first-order valence-corrected chi connectivity index (χ1v) is 5.36. The van der Waals surface area contributed by atoms with E-state index in [2.05, 4.69) is 16.9 Å². The zero-order chi connectivity index (χ0) is 10.9. The molecule has 1 heterocycles. The second-order valence-electron chi connectivity index (χ2n) is 4.58. The molecule has 1 aliphatic carbocycles. The largest absolute Gasteiger partial charge is 0.481 e. The molecule has 82 valence electrons. The highest BCUT2D eigenvalue weighted by atomic mass is 16.4. The number of nitrogens with one attached hydrogen (secondary N) is 1. The molecule has 0 atom stereocenters. The van der Waals surface area contributed by atoms with Crippen molar-refractivity contribution in [3.8, 4) is 0 Å². The third-order valence-electron chi connectivity index (χ3n) is 3.30. The van der Waals surface area contributed by atoms with E-state index in [4.69, 9.17) is 5.11 Å². The Kier molecular flexibility index (Phi) is 2.50. The molecule has 15 heavy (non-hydrogen) atoms. The molecule has 0 unspecified atom stereocenters. The molecule has 0 aliphatic heterocycles. The summed E-state index contributed by atoms with van der Waals surface area (Å²) in [5.41, 5.74) is 1.28. The lowest BCUT2D eigenvalue weighted by molar-refractivity contribution is -0.136. The van der Waals surface area contributed by atoms with Crippen LogP contribution in [-0.4, -0.2) is 21.0 Å². The number of hydrogen-bond acceptors (Lipinski definition) is 2. The zero-order valence-corrected chi connectivity index (χ0v) is 8.92. The van der Waals surface area contributed by atoms with Gasteiger partial charge in [-0.1, -0.05) is 19.8 Å². The second-order valence-corrected chi connectivity index (χ2v) is 4.58. The summed E-state index contributed by atoms with van der Waals surface area (Å²) in [6, 6.07) is 0. The lowest BCUT2D eigenvalue weighted by Gasteiger charge is -2.21. The highest BCUT2D eigenvalue weighted by Crippen LogP contribution is 2.39. The van der Waals surface area contributed by atoms with Crippen molar-refractivity contribution in [1.29, 1.82) is 0 Å². The van der Waals surface area contributed by atoms with Gasteiger partial charge < -0.3 is 10.1 Å². The number of aliphatic carboxylic acids is 1. The van der Waals surface area contributed by atoms with Gasteiger partial charge in [0.25, 0.3) is 0 Å². The fraction of sp³-hybridized carbons (Fsp3) is 0.636. The first kappa shape index (κ1) is 10.2. The summed E-state index contributed by atoms with van der Waals surface area (Å²) in [7, 11) is 0. The van der Waals surface area contributed by atoms with Crippen LogP contribution in [-0.2, 0) is 16.6 Å². The van der Waals surface area contributed by atoms with Crippen molar-refractivity contribution in [2.45, 2.75) is 44.4 Å². The molecular weight excluding hydrogens is 192 g/mol. The van der Waals surface area contributed by atoms with Gasteiger partial charge in [-0.25, -0.2) is 4.98 Å². The Morgan fingerprint density at radius 1 is 1.60 bits per heavy atom. The predicted molar refractivity (Wildman–Crippen MR) is 55.7 cm³/mol. The van der Waals surface area contributed by atoms with Gasteiger partial charge in [0.15, 0.2) is 0 Å². The molecular formula is C11H16N2O2. The molecule has 0 radical (unpaired) electrons. The minimum absolute atomic E-state index is 0.0178. The van der Waals surface area contributed by atoms with E-state index in [0.29, 0.717) is 5.82 Å². The summed E-state index contributed by atoms with van der Waals surface area (Å²) in [5.74, 6) is -0.280. The minimum atomic E-state index is -0.840. The van der Waals surface area contributed by atoms with Crippen molar-refractivity contribution in [2.24, 2.45) is 0 Å². The highest BCUT2D eigenvalue weighted by molar-refractivity contribution is 5.69. The number of aromatic nitrogens is 2. The van der Waals surface area contributed by atoms with Gasteiger partial charge in [0.05, 0.1) is 0 Å². The molecule has 0 bridgehead atoms. The van der Waals surface area contributed by atoms with Crippen molar-refractivity contribution < 1.29 is 9.90 Å². The van der Waals surface area contributed by atoms with Crippen LogP contribution in [0, 0.1) is 0 Å². The third kappa shape index (κ3) is 2.03. The monoisotopic (exact) mass is 208 g/mol. The number of nitrogens with zero attached hydrogens (tertiary/aromatic N) is 1. The average molecular weight is 208 g/mol. The summed E-state index contributed by atoms with van der Waals surface area (Å²) in [5, 5.41) is 8.65. The van der Waals surface area contributed by atoms with E-state index in [9.17, 15) is 4.79 Å². The Labute approximate surface area is 88.7 Å².